The van der Waals surface area contributed by atoms with Gasteiger partial charge in [0.25, 0.3) is 0 Å². The molecule has 88 valence electrons. The van der Waals surface area contributed by atoms with E-state index in [-0.39, 0.29) is 5.82 Å². The molecule has 1 aromatic heterocycles. The lowest BCUT2D eigenvalue weighted by Gasteiger charge is -2.10. The molecule has 1 saturated carbocycles. The van der Waals surface area contributed by atoms with Crippen molar-refractivity contribution < 1.29 is 4.39 Å². The number of halogens is 2. The van der Waals surface area contributed by atoms with Gasteiger partial charge in [0.15, 0.2) is 0 Å². The van der Waals surface area contributed by atoms with Gasteiger partial charge < -0.3 is 5.32 Å². The van der Waals surface area contributed by atoms with E-state index in [2.05, 4.69) is 10.3 Å². The molecule has 1 aromatic carbocycles. The average molecular weight is 251 g/mol. The van der Waals surface area contributed by atoms with E-state index >= 15 is 0 Å². The van der Waals surface area contributed by atoms with Crippen molar-refractivity contribution >= 4 is 28.2 Å². The Morgan fingerprint density at radius 3 is 2.76 bits per heavy atom. The highest BCUT2D eigenvalue weighted by atomic mass is 35.5. The zero-order valence-corrected chi connectivity index (χ0v) is 10.2. The Hall–Kier alpha value is -1.35. The van der Waals surface area contributed by atoms with Crippen LogP contribution in [0.1, 0.15) is 24.5 Å². The molecule has 2 nitrogen and oxygen atoms in total. The van der Waals surface area contributed by atoms with Gasteiger partial charge in [-0.25, -0.2) is 4.39 Å². The van der Waals surface area contributed by atoms with Crippen molar-refractivity contribution in [3.05, 3.63) is 34.7 Å². The van der Waals surface area contributed by atoms with Gasteiger partial charge in [-0.05, 0) is 25.0 Å². The van der Waals surface area contributed by atoms with Crippen molar-refractivity contribution in [1.82, 2.24) is 4.98 Å². The van der Waals surface area contributed by atoms with Crippen LogP contribution in [0.4, 0.5) is 10.1 Å². The third kappa shape index (κ3) is 1.84. The first kappa shape index (κ1) is 10.8. The minimum absolute atomic E-state index is 0.343. The molecule has 0 atom stereocenters. The third-order valence-electron chi connectivity index (χ3n) is 3.11. The molecule has 1 aliphatic carbocycles. The number of rotatable bonds is 2. The molecule has 0 unspecified atom stereocenters. The zero-order valence-electron chi connectivity index (χ0n) is 9.43. The van der Waals surface area contributed by atoms with E-state index in [1.54, 1.807) is 0 Å². The van der Waals surface area contributed by atoms with Crippen molar-refractivity contribution in [3.8, 4) is 0 Å². The summed E-state index contributed by atoms with van der Waals surface area (Å²) in [5.74, 6) is 0.193. The van der Waals surface area contributed by atoms with Gasteiger partial charge in [-0.3, -0.25) is 4.98 Å². The highest BCUT2D eigenvalue weighted by molar-refractivity contribution is 6.36. The fraction of sp³-hybridized carbons (Fsp3) is 0.308. The van der Waals surface area contributed by atoms with Crippen molar-refractivity contribution in [2.75, 3.05) is 12.4 Å². The van der Waals surface area contributed by atoms with Crippen molar-refractivity contribution in [1.29, 1.82) is 0 Å². The zero-order chi connectivity index (χ0) is 12.0. The number of aromatic nitrogens is 1. The fourth-order valence-electron chi connectivity index (χ4n) is 2.09. The van der Waals surface area contributed by atoms with Gasteiger partial charge in [0, 0.05) is 35.8 Å². The second-order valence-electron chi connectivity index (χ2n) is 4.40. The summed E-state index contributed by atoms with van der Waals surface area (Å²) in [4.78, 5) is 4.50. The van der Waals surface area contributed by atoms with Crippen LogP contribution in [0, 0.1) is 5.82 Å². The molecule has 1 N–H and O–H groups in total. The molecule has 0 bridgehead atoms. The van der Waals surface area contributed by atoms with Crippen LogP contribution in [-0.4, -0.2) is 12.0 Å². The normalized spacial score (nSPS) is 15.2. The standard InChI is InChI=1S/C13H12ClFN2/c1-16-11-6-10(7-2-3-7)17-12-5-8(15)4-9(14)13(11)12/h4-7H,2-3H2,1H3,(H,16,17). The van der Waals surface area contributed by atoms with Gasteiger partial charge in [0.2, 0.25) is 0 Å². The van der Waals surface area contributed by atoms with Crippen LogP contribution in [0.2, 0.25) is 5.02 Å². The van der Waals surface area contributed by atoms with Gasteiger partial charge in [0.05, 0.1) is 10.5 Å². The first-order valence-corrected chi connectivity index (χ1v) is 6.04. The molecule has 3 rings (SSSR count). The number of hydrogen-bond acceptors (Lipinski definition) is 2. The first-order valence-electron chi connectivity index (χ1n) is 5.66. The van der Waals surface area contributed by atoms with Crippen molar-refractivity contribution in [2.24, 2.45) is 0 Å². The molecule has 2 aromatic rings. The SMILES string of the molecule is CNc1cc(C2CC2)nc2cc(F)cc(Cl)c12. The Bertz CT molecular complexity index is 593. The lowest BCUT2D eigenvalue weighted by Crippen LogP contribution is -1.96. The fourth-order valence-corrected chi connectivity index (χ4v) is 2.39. The second kappa shape index (κ2) is 3.84. The van der Waals surface area contributed by atoms with Gasteiger partial charge in [0.1, 0.15) is 5.82 Å². The van der Waals surface area contributed by atoms with E-state index in [4.69, 9.17) is 11.6 Å². The number of fused-ring (bicyclic) bond motifs is 1. The summed E-state index contributed by atoms with van der Waals surface area (Å²) in [6.07, 6.45) is 2.34. The van der Waals surface area contributed by atoms with E-state index in [0.717, 1.165) is 16.8 Å². The van der Waals surface area contributed by atoms with E-state index in [1.165, 1.54) is 25.0 Å². The summed E-state index contributed by atoms with van der Waals surface area (Å²) in [5, 5.41) is 4.30. The molecular weight excluding hydrogens is 239 g/mol. The van der Waals surface area contributed by atoms with E-state index in [1.807, 2.05) is 13.1 Å². The Morgan fingerprint density at radius 1 is 1.35 bits per heavy atom. The Kier molecular flexibility index (Phi) is 2.44. The topological polar surface area (TPSA) is 24.9 Å². The maximum atomic E-state index is 13.3. The summed E-state index contributed by atoms with van der Waals surface area (Å²) < 4.78 is 13.3. The van der Waals surface area contributed by atoms with Crippen LogP contribution >= 0.6 is 11.6 Å². The third-order valence-corrected chi connectivity index (χ3v) is 3.41. The molecule has 0 spiro atoms. The maximum Gasteiger partial charge on any atom is 0.126 e. The quantitative estimate of drug-likeness (QED) is 0.873. The van der Waals surface area contributed by atoms with Crippen LogP contribution in [0.15, 0.2) is 18.2 Å². The van der Waals surface area contributed by atoms with Crippen LogP contribution in [0.5, 0.6) is 0 Å². The minimum atomic E-state index is -0.343. The Morgan fingerprint density at radius 2 is 2.12 bits per heavy atom. The summed E-state index contributed by atoms with van der Waals surface area (Å²) in [7, 11) is 1.84. The molecule has 4 heteroatoms. The van der Waals surface area contributed by atoms with Crippen LogP contribution in [0.25, 0.3) is 10.9 Å². The lowest BCUT2D eigenvalue weighted by molar-refractivity contribution is 0.629. The Balaban J connectivity index is 2.31. The molecule has 17 heavy (non-hydrogen) atoms. The first-order chi connectivity index (χ1) is 8.19. The van der Waals surface area contributed by atoms with Crippen LogP contribution < -0.4 is 5.32 Å². The molecule has 0 saturated heterocycles. The molecule has 0 aliphatic heterocycles. The van der Waals surface area contributed by atoms with Crippen LogP contribution in [0.3, 0.4) is 0 Å². The molecule has 1 heterocycles. The number of hydrogen-bond donors (Lipinski definition) is 1. The lowest BCUT2D eigenvalue weighted by atomic mass is 10.1. The molecule has 1 aliphatic rings. The maximum absolute atomic E-state index is 13.3. The summed E-state index contributed by atoms with van der Waals surface area (Å²) in [5.41, 5.74) is 2.58. The van der Waals surface area contributed by atoms with E-state index in [0.29, 0.717) is 16.5 Å². The smallest absolute Gasteiger partial charge is 0.126 e. The highest BCUT2D eigenvalue weighted by Crippen LogP contribution is 2.42. The number of nitrogens with one attached hydrogen (secondary N) is 1. The second-order valence-corrected chi connectivity index (χ2v) is 4.81. The number of nitrogens with zero attached hydrogens (tertiary/aromatic N) is 1. The van der Waals surface area contributed by atoms with E-state index < -0.39 is 0 Å². The van der Waals surface area contributed by atoms with Crippen LogP contribution in [-0.2, 0) is 0 Å². The predicted octanol–water partition coefficient (Wildman–Crippen LogP) is 3.95. The number of benzene rings is 1. The largest absolute Gasteiger partial charge is 0.387 e. The molecule has 1 fully saturated rings. The highest BCUT2D eigenvalue weighted by Gasteiger charge is 2.26. The van der Waals surface area contributed by atoms with Crippen molar-refractivity contribution in [3.63, 3.8) is 0 Å². The summed E-state index contributed by atoms with van der Waals surface area (Å²) in [6.45, 7) is 0. The van der Waals surface area contributed by atoms with Gasteiger partial charge in [-0.1, -0.05) is 11.6 Å². The van der Waals surface area contributed by atoms with Gasteiger partial charge in [-0.15, -0.1) is 0 Å². The summed E-state index contributed by atoms with van der Waals surface area (Å²) in [6, 6.07) is 4.78. The van der Waals surface area contributed by atoms with Crippen molar-refractivity contribution in [2.45, 2.75) is 18.8 Å². The monoisotopic (exact) mass is 250 g/mol. The average Bonchev–Trinajstić information content (AvgIpc) is 3.10. The summed E-state index contributed by atoms with van der Waals surface area (Å²) >= 11 is 6.07. The Labute approximate surface area is 104 Å². The predicted molar refractivity (Wildman–Crippen MR) is 68.2 cm³/mol. The molecular formula is C13H12ClFN2. The minimum Gasteiger partial charge on any atom is -0.387 e. The van der Waals surface area contributed by atoms with E-state index in [9.17, 15) is 4.39 Å². The number of anilines is 1. The van der Waals surface area contributed by atoms with Gasteiger partial charge >= 0.3 is 0 Å². The van der Waals surface area contributed by atoms with Gasteiger partial charge in [-0.2, -0.15) is 0 Å². The molecule has 0 radical (unpaired) electrons. The molecule has 0 amide bonds. The number of pyridine rings is 1.